The summed E-state index contributed by atoms with van der Waals surface area (Å²) in [7, 11) is 2.95. The molecule has 1 heterocycles. The van der Waals surface area contributed by atoms with Gasteiger partial charge in [0.1, 0.15) is 17.3 Å². The maximum Gasteiger partial charge on any atom is 0.295 e. The second-order valence-electron chi connectivity index (χ2n) is 6.33. The summed E-state index contributed by atoms with van der Waals surface area (Å²) in [6.45, 7) is -0.441. The maximum absolute atomic E-state index is 12.8. The zero-order valence-electron chi connectivity index (χ0n) is 15.9. The van der Waals surface area contributed by atoms with Gasteiger partial charge in [-0.2, -0.15) is 0 Å². The second kappa shape index (κ2) is 8.55. The number of methoxy groups -OCH3 is 2. The number of nitrogens with zero attached hydrogens (tertiary/aromatic N) is 1. The molecule has 0 saturated carbocycles. The number of Topliss-reactive ketones (excluding diaryl/α,β-unsaturated/α-hetero) is 1. The summed E-state index contributed by atoms with van der Waals surface area (Å²) in [5, 5.41) is 20.8. The van der Waals surface area contributed by atoms with Gasteiger partial charge in [-0.25, -0.2) is 0 Å². The van der Waals surface area contributed by atoms with Crippen LogP contribution in [0, 0.1) is 0 Å². The highest BCUT2D eigenvalue weighted by Gasteiger charge is 2.47. The number of amides is 1. The van der Waals surface area contributed by atoms with Crippen molar-refractivity contribution in [1.29, 1.82) is 0 Å². The van der Waals surface area contributed by atoms with Crippen LogP contribution in [0.5, 0.6) is 11.5 Å². The molecule has 1 saturated heterocycles. The van der Waals surface area contributed by atoms with Gasteiger partial charge in [0.15, 0.2) is 0 Å². The van der Waals surface area contributed by atoms with Crippen LogP contribution in [0.2, 0.25) is 5.02 Å². The highest BCUT2D eigenvalue weighted by atomic mass is 35.5. The minimum atomic E-state index is -0.956. The highest BCUT2D eigenvalue weighted by molar-refractivity contribution is 6.46. The van der Waals surface area contributed by atoms with Crippen molar-refractivity contribution in [2.45, 2.75) is 6.04 Å². The fourth-order valence-electron chi connectivity index (χ4n) is 3.36. The number of carbonyl (C=O) groups excluding carboxylic acids is 2. The zero-order chi connectivity index (χ0) is 21.1. The molecular formula is C21H20ClNO6. The fraction of sp³-hybridized carbons (Fsp3) is 0.238. The number of halogens is 1. The van der Waals surface area contributed by atoms with Crippen LogP contribution in [0.3, 0.4) is 0 Å². The summed E-state index contributed by atoms with van der Waals surface area (Å²) in [6, 6.07) is 10.3. The molecule has 2 aromatic carbocycles. The number of ether oxygens (including phenoxy) is 2. The van der Waals surface area contributed by atoms with Crippen molar-refractivity contribution in [3.63, 3.8) is 0 Å². The molecule has 0 aromatic heterocycles. The molecule has 1 aliphatic heterocycles. The van der Waals surface area contributed by atoms with E-state index >= 15 is 0 Å². The van der Waals surface area contributed by atoms with Crippen LogP contribution in [0.15, 0.2) is 48.0 Å². The molecule has 1 unspecified atom stereocenters. The lowest BCUT2D eigenvalue weighted by atomic mass is 9.94. The first-order chi connectivity index (χ1) is 13.9. The Morgan fingerprint density at radius 3 is 2.38 bits per heavy atom. The monoisotopic (exact) mass is 417 g/mol. The number of aliphatic hydroxyl groups excluding tert-OH is 2. The Bertz CT molecular complexity index is 970. The first kappa shape index (κ1) is 20.7. The normalized spacial score (nSPS) is 18.2. The summed E-state index contributed by atoms with van der Waals surface area (Å²) in [6.07, 6.45) is 0. The Labute approximate surface area is 172 Å². The van der Waals surface area contributed by atoms with Crippen LogP contribution in [0.25, 0.3) is 5.76 Å². The Hall–Kier alpha value is -3.03. The van der Waals surface area contributed by atoms with Gasteiger partial charge in [0.25, 0.3) is 11.7 Å². The van der Waals surface area contributed by atoms with Crippen molar-refractivity contribution in [2.24, 2.45) is 0 Å². The van der Waals surface area contributed by atoms with Gasteiger partial charge in [0, 0.05) is 22.7 Å². The maximum atomic E-state index is 12.8. The SMILES string of the molecule is COc1ccc(OC)c(C2/C(=C(/O)c3ccc(Cl)cc3)C(=O)C(=O)N2CCO)c1. The van der Waals surface area contributed by atoms with Crippen molar-refractivity contribution >= 4 is 29.1 Å². The van der Waals surface area contributed by atoms with E-state index in [-0.39, 0.29) is 24.5 Å². The first-order valence-corrected chi connectivity index (χ1v) is 9.17. The number of likely N-dealkylation sites (tertiary alicyclic amines) is 1. The molecule has 2 N–H and O–H groups in total. The second-order valence-corrected chi connectivity index (χ2v) is 6.77. The minimum Gasteiger partial charge on any atom is -0.507 e. The number of hydrogen-bond donors (Lipinski definition) is 2. The average molecular weight is 418 g/mol. The van der Waals surface area contributed by atoms with Crippen LogP contribution in [0.4, 0.5) is 0 Å². The van der Waals surface area contributed by atoms with Crippen molar-refractivity contribution in [1.82, 2.24) is 4.90 Å². The molecule has 7 nitrogen and oxygen atoms in total. The lowest BCUT2D eigenvalue weighted by Gasteiger charge is -2.26. The number of aliphatic hydroxyl groups is 2. The van der Waals surface area contributed by atoms with E-state index in [0.29, 0.717) is 27.6 Å². The summed E-state index contributed by atoms with van der Waals surface area (Å²) in [5.41, 5.74) is 0.690. The van der Waals surface area contributed by atoms with E-state index < -0.39 is 17.7 Å². The van der Waals surface area contributed by atoms with E-state index in [2.05, 4.69) is 0 Å². The molecule has 1 fully saturated rings. The molecular weight excluding hydrogens is 398 g/mol. The Kier molecular flexibility index (Phi) is 6.10. The van der Waals surface area contributed by atoms with Crippen molar-refractivity contribution in [3.05, 3.63) is 64.2 Å². The fourth-order valence-corrected chi connectivity index (χ4v) is 3.48. The van der Waals surface area contributed by atoms with E-state index in [1.807, 2.05) is 0 Å². The molecule has 1 atom stereocenters. The quantitative estimate of drug-likeness (QED) is 0.426. The number of hydrogen-bond acceptors (Lipinski definition) is 6. The van der Waals surface area contributed by atoms with Gasteiger partial charge in [-0.05, 0) is 42.5 Å². The predicted molar refractivity (Wildman–Crippen MR) is 107 cm³/mol. The minimum absolute atomic E-state index is 0.0903. The number of β-amino-alcohol motifs (C(OH)–C–C–N with tert-alkyl or cyclic N) is 1. The standard InChI is InChI=1S/C21H20ClNO6/c1-28-14-7-8-16(29-2)15(11-14)18-17(20(26)21(27)23(18)9-10-24)19(25)12-3-5-13(22)6-4-12/h3-8,11,18,24-25H,9-10H2,1-2H3/b19-17-. The molecule has 3 rings (SSSR count). The van der Waals surface area contributed by atoms with Gasteiger partial charge in [-0.3, -0.25) is 9.59 Å². The molecule has 0 radical (unpaired) electrons. The predicted octanol–water partition coefficient (Wildman–Crippen LogP) is 2.77. The van der Waals surface area contributed by atoms with Crippen LogP contribution < -0.4 is 9.47 Å². The molecule has 2 aromatic rings. The topological polar surface area (TPSA) is 96.3 Å². The smallest absolute Gasteiger partial charge is 0.295 e. The summed E-state index contributed by atoms with van der Waals surface area (Å²) < 4.78 is 10.7. The number of ketones is 1. The summed E-state index contributed by atoms with van der Waals surface area (Å²) in [4.78, 5) is 26.7. The average Bonchev–Trinajstić information content (AvgIpc) is 2.98. The number of benzene rings is 2. The Morgan fingerprint density at radius 1 is 1.10 bits per heavy atom. The van der Waals surface area contributed by atoms with Gasteiger partial charge in [0.05, 0.1) is 32.4 Å². The molecule has 152 valence electrons. The zero-order valence-corrected chi connectivity index (χ0v) is 16.6. The van der Waals surface area contributed by atoms with Gasteiger partial charge in [-0.15, -0.1) is 0 Å². The van der Waals surface area contributed by atoms with Crippen LogP contribution >= 0.6 is 11.6 Å². The molecule has 29 heavy (non-hydrogen) atoms. The van der Waals surface area contributed by atoms with Gasteiger partial charge < -0.3 is 24.6 Å². The number of rotatable bonds is 6. The van der Waals surface area contributed by atoms with E-state index in [1.54, 1.807) is 42.5 Å². The van der Waals surface area contributed by atoms with E-state index in [1.165, 1.54) is 19.1 Å². The molecule has 8 heteroatoms. The van der Waals surface area contributed by atoms with Crippen LogP contribution in [-0.2, 0) is 9.59 Å². The highest BCUT2D eigenvalue weighted by Crippen LogP contribution is 2.43. The van der Waals surface area contributed by atoms with Crippen LogP contribution in [-0.4, -0.2) is 54.2 Å². The molecule has 1 amide bonds. The van der Waals surface area contributed by atoms with Gasteiger partial charge in [0.2, 0.25) is 0 Å². The molecule has 0 spiro atoms. The largest absolute Gasteiger partial charge is 0.507 e. The Balaban J connectivity index is 2.26. The van der Waals surface area contributed by atoms with Gasteiger partial charge in [-0.1, -0.05) is 11.6 Å². The summed E-state index contributed by atoms with van der Waals surface area (Å²) in [5.74, 6) is -1.11. The van der Waals surface area contributed by atoms with E-state index in [4.69, 9.17) is 21.1 Å². The third kappa shape index (κ3) is 3.79. The van der Waals surface area contributed by atoms with E-state index in [9.17, 15) is 19.8 Å². The van der Waals surface area contributed by atoms with Crippen molar-refractivity contribution in [2.75, 3.05) is 27.4 Å². The van der Waals surface area contributed by atoms with Crippen molar-refractivity contribution < 1.29 is 29.3 Å². The number of carbonyl (C=O) groups is 2. The molecule has 1 aliphatic rings. The molecule has 0 aliphatic carbocycles. The van der Waals surface area contributed by atoms with Crippen molar-refractivity contribution in [3.8, 4) is 11.5 Å². The van der Waals surface area contributed by atoms with E-state index in [0.717, 1.165) is 0 Å². The van der Waals surface area contributed by atoms with Gasteiger partial charge >= 0.3 is 0 Å². The lowest BCUT2D eigenvalue weighted by molar-refractivity contribution is -0.140. The first-order valence-electron chi connectivity index (χ1n) is 8.80. The third-order valence-corrected chi connectivity index (χ3v) is 4.98. The van der Waals surface area contributed by atoms with Crippen LogP contribution in [0.1, 0.15) is 17.2 Å². The summed E-state index contributed by atoms with van der Waals surface area (Å²) >= 11 is 5.90. The Morgan fingerprint density at radius 2 is 1.79 bits per heavy atom. The lowest BCUT2D eigenvalue weighted by Crippen LogP contribution is -2.32. The third-order valence-electron chi connectivity index (χ3n) is 4.73. The molecule has 0 bridgehead atoms.